The van der Waals surface area contributed by atoms with E-state index >= 15 is 0 Å². The Kier molecular flexibility index (Phi) is 5.81. The lowest BCUT2D eigenvalue weighted by Crippen LogP contribution is -2.52. The number of aromatic amines is 1. The van der Waals surface area contributed by atoms with Gasteiger partial charge in [0.1, 0.15) is 17.7 Å². The lowest BCUT2D eigenvalue weighted by Gasteiger charge is -2.28. The number of aliphatic carboxylic acids is 1. The summed E-state index contributed by atoms with van der Waals surface area (Å²) in [5.74, 6) is -1.59. The number of carboxylic acid groups (broad SMARTS) is 1. The van der Waals surface area contributed by atoms with Gasteiger partial charge in [0.25, 0.3) is 0 Å². The molecule has 0 saturated carbocycles. The predicted octanol–water partition coefficient (Wildman–Crippen LogP) is 2.68. The number of carbonyl (C=O) groups excluding carboxylic acids is 2. The van der Waals surface area contributed by atoms with Gasteiger partial charge in [-0.1, -0.05) is 18.2 Å². The third-order valence-corrected chi connectivity index (χ3v) is 4.90. The Bertz CT molecular complexity index is 914. The Morgan fingerprint density at radius 1 is 1.31 bits per heavy atom. The summed E-state index contributed by atoms with van der Waals surface area (Å²) >= 11 is 0. The average molecular weight is 401 g/mol. The molecule has 1 aliphatic rings. The van der Waals surface area contributed by atoms with Crippen LogP contribution in [0.1, 0.15) is 39.2 Å². The second-order valence-corrected chi connectivity index (χ2v) is 8.29. The number of para-hydroxylation sites is 1. The quantitative estimate of drug-likeness (QED) is 0.713. The number of fused-ring (bicyclic) bond motifs is 1. The van der Waals surface area contributed by atoms with Crippen molar-refractivity contribution in [3.05, 3.63) is 36.0 Å². The smallest absolute Gasteiger partial charge is 0.410 e. The third kappa shape index (κ3) is 4.88. The molecule has 8 heteroatoms. The van der Waals surface area contributed by atoms with Gasteiger partial charge in [-0.15, -0.1) is 0 Å². The summed E-state index contributed by atoms with van der Waals surface area (Å²) in [4.78, 5) is 41.5. The van der Waals surface area contributed by atoms with Gasteiger partial charge in [0, 0.05) is 30.1 Å². The molecule has 1 saturated heterocycles. The Balaban J connectivity index is 1.70. The van der Waals surface area contributed by atoms with E-state index in [4.69, 9.17) is 4.74 Å². The summed E-state index contributed by atoms with van der Waals surface area (Å²) in [7, 11) is 0. The summed E-state index contributed by atoms with van der Waals surface area (Å²) in [5.41, 5.74) is 1.05. The maximum Gasteiger partial charge on any atom is 0.410 e. The molecule has 1 aromatic carbocycles. The van der Waals surface area contributed by atoms with Gasteiger partial charge in [-0.2, -0.15) is 0 Å². The maximum atomic E-state index is 12.8. The molecule has 0 spiro atoms. The first-order chi connectivity index (χ1) is 13.7. The van der Waals surface area contributed by atoms with E-state index < -0.39 is 35.7 Å². The number of hydrogen-bond acceptors (Lipinski definition) is 4. The second kappa shape index (κ2) is 8.14. The minimum absolute atomic E-state index is 0.143. The summed E-state index contributed by atoms with van der Waals surface area (Å²) < 4.78 is 5.37. The highest BCUT2D eigenvalue weighted by atomic mass is 16.6. The number of likely N-dealkylation sites (tertiary alicyclic amines) is 1. The van der Waals surface area contributed by atoms with Gasteiger partial charge in [-0.05, 0) is 45.2 Å². The fraction of sp³-hybridized carbons (Fsp3) is 0.476. The van der Waals surface area contributed by atoms with Crippen molar-refractivity contribution in [2.75, 3.05) is 6.54 Å². The lowest BCUT2D eigenvalue weighted by atomic mass is 10.0. The summed E-state index contributed by atoms with van der Waals surface area (Å²) in [5, 5.41) is 13.2. The molecule has 156 valence electrons. The molecule has 1 aliphatic heterocycles. The van der Waals surface area contributed by atoms with E-state index in [0.717, 1.165) is 16.5 Å². The Morgan fingerprint density at radius 2 is 2.03 bits per heavy atom. The first-order valence-electron chi connectivity index (χ1n) is 9.73. The van der Waals surface area contributed by atoms with Crippen molar-refractivity contribution in [2.24, 2.45) is 0 Å². The first kappa shape index (κ1) is 20.7. The van der Waals surface area contributed by atoms with Gasteiger partial charge in [-0.3, -0.25) is 9.69 Å². The number of carboxylic acids is 1. The molecule has 2 atom stereocenters. The van der Waals surface area contributed by atoms with Crippen LogP contribution in [0.2, 0.25) is 0 Å². The molecule has 8 nitrogen and oxygen atoms in total. The number of rotatable bonds is 5. The van der Waals surface area contributed by atoms with E-state index in [9.17, 15) is 19.5 Å². The van der Waals surface area contributed by atoms with E-state index in [1.54, 1.807) is 27.0 Å². The largest absolute Gasteiger partial charge is 0.480 e. The Morgan fingerprint density at radius 3 is 2.72 bits per heavy atom. The van der Waals surface area contributed by atoms with E-state index in [1.165, 1.54) is 4.90 Å². The zero-order chi connectivity index (χ0) is 21.2. The number of H-pyrrole nitrogens is 1. The van der Waals surface area contributed by atoms with Crippen molar-refractivity contribution in [3.63, 3.8) is 0 Å². The zero-order valence-electron chi connectivity index (χ0n) is 16.9. The molecule has 1 fully saturated rings. The number of ether oxygens (including phenoxy) is 1. The molecule has 0 unspecified atom stereocenters. The molecule has 2 heterocycles. The first-order valence-corrected chi connectivity index (χ1v) is 9.73. The van der Waals surface area contributed by atoms with Crippen molar-refractivity contribution >= 4 is 28.9 Å². The standard InChI is InChI=1S/C21H27N3O5/c1-21(2,3)29-20(28)24-10-6-9-17(24)18(25)23-16(19(26)27)11-13-12-22-15-8-5-4-7-14(13)15/h4-5,7-8,12,16-17,22H,6,9-11H2,1-3H3,(H,23,25)(H,26,27)/t16-,17+/m1/s1. The average Bonchev–Trinajstić information content (AvgIpc) is 3.27. The predicted molar refractivity (Wildman–Crippen MR) is 108 cm³/mol. The number of benzene rings is 1. The molecular weight excluding hydrogens is 374 g/mol. The number of hydrogen-bond donors (Lipinski definition) is 3. The van der Waals surface area contributed by atoms with E-state index in [1.807, 2.05) is 24.3 Å². The number of aromatic nitrogens is 1. The van der Waals surface area contributed by atoms with Crippen molar-refractivity contribution in [1.29, 1.82) is 0 Å². The second-order valence-electron chi connectivity index (χ2n) is 8.29. The number of nitrogens with one attached hydrogen (secondary N) is 2. The molecule has 29 heavy (non-hydrogen) atoms. The van der Waals surface area contributed by atoms with Crippen LogP contribution < -0.4 is 5.32 Å². The monoisotopic (exact) mass is 401 g/mol. The van der Waals surface area contributed by atoms with Crippen molar-refractivity contribution in [1.82, 2.24) is 15.2 Å². The van der Waals surface area contributed by atoms with Gasteiger partial charge in [0.05, 0.1) is 0 Å². The summed E-state index contributed by atoms with van der Waals surface area (Å²) in [6.45, 7) is 5.69. The van der Waals surface area contributed by atoms with Crippen LogP contribution in [0.15, 0.2) is 30.5 Å². The Hall–Kier alpha value is -3.03. The minimum atomic E-state index is -1.12. The van der Waals surface area contributed by atoms with Crippen LogP contribution in [0, 0.1) is 0 Å². The van der Waals surface area contributed by atoms with Crippen molar-refractivity contribution in [2.45, 2.75) is 57.7 Å². The van der Waals surface area contributed by atoms with Crippen molar-refractivity contribution in [3.8, 4) is 0 Å². The number of amides is 2. The molecule has 1 aromatic heterocycles. The maximum absolute atomic E-state index is 12.8. The molecule has 0 radical (unpaired) electrons. The number of carbonyl (C=O) groups is 3. The van der Waals surface area contributed by atoms with Gasteiger partial charge in [0.15, 0.2) is 0 Å². The minimum Gasteiger partial charge on any atom is -0.480 e. The SMILES string of the molecule is CC(C)(C)OC(=O)N1CCC[C@H]1C(=O)N[C@H](Cc1c[nH]c2ccccc12)C(=O)O. The normalized spacial score (nSPS) is 17.9. The number of nitrogens with zero attached hydrogens (tertiary/aromatic N) is 1. The van der Waals surface area contributed by atoms with Crippen LogP contribution in [-0.2, 0) is 20.7 Å². The van der Waals surface area contributed by atoms with E-state index in [-0.39, 0.29) is 6.42 Å². The van der Waals surface area contributed by atoms with Crippen LogP contribution in [0.25, 0.3) is 10.9 Å². The van der Waals surface area contributed by atoms with Crippen LogP contribution in [0.5, 0.6) is 0 Å². The van der Waals surface area contributed by atoms with E-state index in [0.29, 0.717) is 19.4 Å². The van der Waals surface area contributed by atoms with Gasteiger partial charge in [0.2, 0.25) is 5.91 Å². The molecule has 3 N–H and O–H groups in total. The highest BCUT2D eigenvalue weighted by molar-refractivity contribution is 5.90. The topological polar surface area (TPSA) is 112 Å². The lowest BCUT2D eigenvalue weighted by molar-refractivity contribution is -0.142. The van der Waals surface area contributed by atoms with Gasteiger partial charge < -0.3 is 20.1 Å². The summed E-state index contributed by atoms with van der Waals surface area (Å²) in [6, 6.07) is 5.76. The molecular formula is C21H27N3O5. The molecule has 2 aromatic rings. The van der Waals surface area contributed by atoms with Crippen LogP contribution in [-0.4, -0.2) is 57.2 Å². The van der Waals surface area contributed by atoms with E-state index in [2.05, 4.69) is 10.3 Å². The fourth-order valence-corrected chi connectivity index (χ4v) is 3.57. The van der Waals surface area contributed by atoms with Crippen LogP contribution in [0.4, 0.5) is 4.79 Å². The Labute approximate surface area is 169 Å². The molecule has 0 bridgehead atoms. The molecule has 2 amide bonds. The fourth-order valence-electron chi connectivity index (χ4n) is 3.57. The van der Waals surface area contributed by atoms with Gasteiger partial charge in [-0.25, -0.2) is 9.59 Å². The highest BCUT2D eigenvalue weighted by Gasteiger charge is 2.38. The molecule has 3 rings (SSSR count). The van der Waals surface area contributed by atoms with Crippen molar-refractivity contribution < 1.29 is 24.2 Å². The van der Waals surface area contributed by atoms with Crippen LogP contribution in [0.3, 0.4) is 0 Å². The van der Waals surface area contributed by atoms with Crippen LogP contribution >= 0.6 is 0 Å². The molecule has 0 aliphatic carbocycles. The zero-order valence-corrected chi connectivity index (χ0v) is 16.9. The summed E-state index contributed by atoms with van der Waals surface area (Å²) in [6.07, 6.45) is 2.49. The van der Waals surface area contributed by atoms with Gasteiger partial charge >= 0.3 is 12.1 Å². The third-order valence-electron chi connectivity index (χ3n) is 4.90. The highest BCUT2D eigenvalue weighted by Crippen LogP contribution is 2.22.